The summed E-state index contributed by atoms with van der Waals surface area (Å²) in [6.07, 6.45) is 1.15. The van der Waals surface area contributed by atoms with Crippen molar-refractivity contribution in [3.8, 4) is 11.5 Å². The lowest BCUT2D eigenvalue weighted by molar-refractivity contribution is -0.140. The molecule has 0 spiro atoms. The van der Waals surface area contributed by atoms with Crippen LogP contribution in [-0.4, -0.2) is 64.7 Å². The molecule has 0 saturated heterocycles. The molecule has 0 saturated carbocycles. The largest absolute Gasteiger partial charge is 0.497 e. The van der Waals surface area contributed by atoms with E-state index >= 15 is 0 Å². The van der Waals surface area contributed by atoms with E-state index in [1.165, 1.54) is 25.2 Å². The number of hydrogen-bond donors (Lipinski definition) is 1. The third kappa shape index (κ3) is 8.28. The fraction of sp³-hybridized carbons (Fsp3) is 0.310. The molecule has 1 atom stereocenters. The Bertz CT molecular complexity index is 1450. The summed E-state index contributed by atoms with van der Waals surface area (Å²) in [6.45, 7) is 1.33. The van der Waals surface area contributed by atoms with Crippen molar-refractivity contribution in [2.75, 3.05) is 37.9 Å². The molecule has 2 amide bonds. The lowest BCUT2D eigenvalue weighted by Gasteiger charge is -2.34. The van der Waals surface area contributed by atoms with Crippen LogP contribution in [0.3, 0.4) is 0 Å². The molecular weight excluding hydrogens is 589 g/mol. The summed E-state index contributed by atoms with van der Waals surface area (Å²) in [7, 11) is -1.18. The molecule has 0 bridgehead atoms. The van der Waals surface area contributed by atoms with Crippen LogP contribution in [0.15, 0.2) is 66.7 Å². The number of nitrogens with one attached hydrogen (secondary N) is 1. The summed E-state index contributed by atoms with van der Waals surface area (Å²) in [5, 5.41) is 3.41. The number of anilines is 1. The number of hydrogen-bond acceptors (Lipinski definition) is 6. The molecule has 0 aliphatic carbocycles. The van der Waals surface area contributed by atoms with Gasteiger partial charge >= 0.3 is 0 Å². The minimum atomic E-state index is -4.01. The van der Waals surface area contributed by atoms with Crippen LogP contribution in [0.25, 0.3) is 0 Å². The van der Waals surface area contributed by atoms with Gasteiger partial charge in [0.25, 0.3) is 0 Å². The average molecular weight is 623 g/mol. The van der Waals surface area contributed by atoms with Crippen LogP contribution in [0.2, 0.25) is 10.0 Å². The standard InChI is InChI=1S/C29H33Cl2N3O6S/c1-5-32-29(36)26(16-20-10-7-6-8-11-20)33(18-22-23(30)12-9-13-24(22)31)28(35)19-34(41(4,37)38)25-17-21(39-2)14-15-27(25)40-3/h6-15,17,26H,5,16,18-19H2,1-4H3,(H,32,36). The number of sulfonamides is 1. The van der Waals surface area contributed by atoms with Crippen molar-refractivity contribution in [1.29, 1.82) is 0 Å². The van der Waals surface area contributed by atoms with E-state index in [1.54, 1.807) is 37.3 Å². The Hall–Kier alpha value is -3.47. The first-order chi connectivity index (χ1) is 19.5. The van der Waals surface area contributed by atoms with Crippen LogP contribution in [0, 0.1) is 0 Å². The van der Waals surface area contributed by atoms with Crippen LogP contribution >= 0.6 is 23.2 Å². The average Bonchev–Trinajstić information content (AvgIpc) is 2.94. The number of methoxy groups -OCH3 is 2. The zero-order valence-electron chi connectivity index (χ0n) is 23.3. The molecular formula is C29H33Cl2N3O6S. The second kappa shape index (κ2) is 14.4. The molecule has 0 aromatic heterocycles. The van der Waals surface area contributed by atoms with E-state index in [4.69, 9.17) is 32.7 Å². The second-order valence-corrected chi connectivity index (χ2v) is 11.9. The zero-order chi connectivity index (χ0) is 30.2. The quantitative estimate of drug-likeness (QED) is 0.300. The Morgan fingerprint density at radius 3 is 2.17 bits per heavy atom. The summed E-state index contributed by atoms with van der Waals surface area (Å²) in [5.74, 6) is -0.471. The third-order valence-corrected chi connectivity index (χ3v) is 8.18. The van der Waals surface area contributed by atoms with Crippen LogP contribution < -0.4 is 19.1 Å². The molecule has 0 fully saturated rings. The lowest BCUT2D eigenvalue weighted by Crippen LogP contribution is -2.53. The Kier molecular flexibility index (Phi) is 11.3. The maximum Gasteiger partial charge on any atom is 0.244 e. The van der Waals surface area contributed by atoms with Gasteiger partial charge in [-0.15, -0.1) is 0 Å². The number of nitrogens with zero attached hydrogens (tertiary/aromatic N) is 2. The number of benzene rings is 3. The van der Waals surface area contributed by atoms with Gasteiger partial charge in [-0.1, -0.05) is 59.6 Å². The highest BCUT2D eigenvalue weighted by Gasteiger charge is 2.34. The predicted octanol–water partition coefficient (Wildman–Crippen LogP) is 4.55. The molecule has 41 heavy (non-hydrogen) atoms. The maximum absolute atomic E-state index is 14.2. The SMILES string of the molecule is CCNC(=O)C(Cc1ccccc1)N(Cc1c(Cl)cccc1Cl)C(=O)CN(c1cc(OC)ccc1OC)S(C)(=O)=O. The Morgan fingerprint density at radius 1 is 0.951 bits per heavy atom. The number of halogens is 2. The monoisotopic (exact) mass is 621 g/mol. The number of amides is 2. The van der Waals surface area contributed by atoms with Crippen LogP contribution in [0.4, 0.5) is 5.69 Å². The number of carbonyl (C=O) groups is 2. The van der Waals surface area contributed by atoms with E-state index in [0.717, 1.165) is 16.1 Å². The molecule has 0 radical (unpaired) electrons. The molecule has 0 aliphatic rings. The van der Waals surface area contributed by atoms with Gasteiger partial charge in [0.15, 0.2) is 0 Å². The predicted molar refractivity (Wildman–Crippen MR) is 161 cm³/mol. The van der Waals surface area contributed by atoms with E-state index in [1.807, 2.05) is 30.3 Å². The van der Waals surface area contributed by atoms with Gasteiger partial charge in [0.1, 0.15) is 24.1 Å². The minimum absolute atomic E-state index is 0.107. The van der Waals surface area contributed by atoms with Gasteiger partial charge in [0.2, 0.25) is 21.8 Å². The zero-order valence-corrected chi connectivity index (χ0v) is 25.6. The molecule has 0 aliphatic heterocycles. The first-order valence-corrected chi connectivity index (χ1v) is 15.3. The number of ether oxygens (including phenoxy) is 2. The van der Waals surface area contributed by atoms with Crippen molar-refractivity contribution >= 4 is 50.7 Å². The molecule has 220 valence electrons. The second-order valence-electron chi connectivity index (χ2n) is 9.13. The molecule has 0 heterocycles. The van der Waals surface area contributed by atoms with E-state index in [2.05, 4.69) is 5.32 Å². The van der Waals surface area contributed by atoms with Crippen molar-refractivity contribution < 1.29 is 27.5 Å². The van der Waals surface area contributed by atoms with Crippen molar-refractivity contribution in [3.05, 3.63) is 87.9 Å². The summed E-state index contributed by atoms with van der Waals surface area (Å²) in [5.41, 5.74) is 1.34. The fourth-order valence-electron chi connectivity index (χ4n) is 4.29. The molecule has 12 heteroatoms. The first-order valence-electron chi connectivity index (χ1n) is 12.7. The van der Waals surface area contributed by atoms with E-state index in [0.29, 0.717) is 27.9 Å². The van der Waals surface area contributed by atoms with Gasteiger partial charge in [-0.3, -0.25) is 13.9 Å². The number of rotatable bonds is 13. The number of likely N-dealkylation sites (N-methyl/N-ethyl adjacent to an activating group) is 1. The smallest absolute Gasteiger partial charge is 0.244 e. The highest BCUT2D eigenvalue weighted by atomic mass is 35.5. The molecule has 1 N–H and O–H groups in total. The van der Waals surface area contributed by atoms with Gasteiger partial charge in [-0.2, -0.15) is 0 Å². The van der Waals surface area contributed by atoms with E-state index in [9.17, 15) is 18.0 Å². The Labute approximate surface area is 251 Å². The fourth-order valence-corrected chi connectivity index (χ4v) is 5.65. The Balaban J connectivity index is 2.14. The van der Waals surface area contributed by atoms with Gasteiger partial charge < -0.3 is 19.7 Å². The summed E-state index contributed by atoms with van der Waals surface area (Å²) < 4.78 is 37.7. The van der Waals surface area contributed by atoms with Gasteiger partial charge in [0, 0.05) is 41.2 Å². The normalized spacial score (nSPS) is 11.9. The first kappa shape index (κ1) is 32.0. The van der Waals surface area contributed by atoms with Crippen LogP contribution in [0.5, 0.6) is 11.5 Å². The van der Waals surface area contributed by atoms with Gasteiger partial charge in [-0.25, -0.2) is 8.42 Å². The molecule has 9 nitrogen and oxygen atoms in total. The molecule has 3 aromatic rings. The Morgan fingerprint density at radius 2 is 1.61 bits per heavy atom. The third-order valence-electron chi connectivity index (χ3n) is 6.35. The minimum Gasteiger partial charge on any atom is -0.497 e. The van der Waals surface area contributed by atoms with Crippen molar-refractivity contribution in [2.24, 2.45) is 0 Å². The topological polar surface area (TPSA) is 105 Å². The molecule has 3 rings (SSSR count). The highest BCUT2D eigenvalue weighted by molar-refractivity contribution is 7.92. The molecule has 1 unspecified atom stereocenters. The maximum atomic E-state index is 14.2. The van der Waals surface area contributed by atoms with Crippen molar-refractivity contribution in [2.45, 2.75) is 25.9 Å². The molecule has 3 aromatic carbocycles. The van der Waals surface area contributed by atoms with Crippen LogP contribution in [0.1, 0.15) is 18.1 Å². The van der Waals surface area contributed by atoms with Gasteiger partial charge in [0.05, 0.1) is 26.2 Å². The van der Waals surface area contributed by atoms with E-state index in [-0.39, 0.29) is 24.4 Å². The van der Waals surface area contributed by atoms with Gasteiger partial charge in [-0.05, 0) is 36.8 Å². The van der Waals surface area contributed by atoms with Crippen LogP contribution in [-0.2, 0) is 32.6 Å². The van der Waals surface area contributed by atoms with Crippen molar-refractivity contribution in [1.82, 2.24) is 10.2 Å². The highest BCUT2D eigenvalue weighted by Crippen LogP contribution is 2.34. The van der Waals surface area contributed by atoms with Crippen molar-refractivity contribution in [3.63, 3.8) is 0 Å². The summed E-state index contributed by atoms with van der Waals surface area (Å²) in [6, 6.07) is 17.8. The number of carbonyl (C=O) groups excluding carboxylic acids is 2. The van der Waals surface area contributed by atoms with E-state index < -0.39 is 34.4 Å². The summed E-state index contributed by atoms with van der Waals surface area (Å²) >= 11 is 12.9. The lowest BCUT2D eigenvalue weighted by atomic mass is 10.0. The summed E-state index contributed by atoms with van der Waals surface area (Å²) in [4.78, 5) is 28.9.